The number of carbonyl (C=O) groups excluding carboxylic acids is 2. The molecule has 3 rings (SSSR count). The van der Waals surface area contributed by atoms with Crippen LogP contribution in [-0.2, 0) is 9.53 Å². The van der Waals surface area contributed by atoms with E-state index in [9.17, 15) is 9.59 Å². The van der Waals surface area contributed by atoms with Gasteiger partial charge in [0.05, 0.1) is 7.11 Å². The van der Waals surface area contributed by atoms with Crippen LogP contribution in [0, 0.1) is 0 Å². The number of methoxy groups -OCH3 is 1. The van der Waals surface area contributed by atoms with Gasteiger partial charge in [-0.25, -0.2) is 4.79 Å². The molecule has 0 unspecified atom stereocenters. The molecule has 0 aliphatic heterocycles. The zero-order valence-corrected chi connectivity index (χ0v) is 16.5. The Morgan fingerprint density at radius 3 is 2.57 bits per heavy atom. The SMILES string of the molecule is COc1cc2ccccc2cc1C(=O)O[C@@H](C)C(=O)NCCC1=CCCCC1. The van der Waals surface area contributed by atoms with E-state index in [1.165, 1.54) is 25.5 Å². The molecule has 5 nitrogen and oxygen atoms in total. The Morgan fingerprint density at radius 2 is 1.89 bits per heavy atom. The smallest absolute Gasteiger partial charge is 0.342 e. The third-order valence-electron chi connectivity index (χ3n) is 5.07. The molecule has 1 N–H and O–H groups in total. The second-order valence-electron chi connectivity index (χ2n) is 7.10. The fourth-order valence-electron chi connectivity index (χ4n) is 3.45. The molecule has 2 aromatic carbocycles. The third kappa shape index (κ3) is 4.91. The van der Waals surface area contributed by atoms with Crippen LogP contribution >= 0.6 is 0 Å². The number of nitrogens with one attached hydrogen (secondary N) is 1. The van der Waals surface area contributed by atoms with Gasteiger partial charge in [-0.3, -0.25) is 4.79 Å². The van der Waals surface area contributed by atoms with Crippen molar-refractivity contribution in [1.29, 1.82) is 0 Å². The number of carbonyl (C=O) groups is 2. The summed E-state index contributed by atoms with van der Waals surface area (Å²) in [7, 11) is 1.51. The number of allylic oxidation sites excluding steroid dienone is 1. The van der Waals surface area contributed by atoms with E-state index in [0.29, 0.717) is 17.9 Å². The summed E-state index contributed by atoms with van der Waals surface area (Å²) in [5.74, 6) is -0.426. The summed E-state index contributed by atoms with van der Waals surface area (Å²) in [5.41, 5.74) is 1.71. The summed E-state index contributed by atoms with van der Waals surface area (Å²) < 4.78 is 10.7. The standard InChI is InChI=1S/C23H27NO4/c1-16(22(25)24-13-12-17-8-4-3-5-9-17)28-23(26)20-14-18-10-6-7-11-19(18)15-21(20)27-2/h6-8,10-11,14-16H,3-5,9,12-13H2,1-2H3,(H,24,25)/t16-/m0/s1. The molecule has 0 saturated carbocycles. The van der Waals surface area contributed by atoms with Gasteiger partial charge in [-0.05, 0) is 61.9 Å². The predicted molar refractivity (Wildman–Crippen MR) is 110 cm³/mol. The topological polar surface area (TPSA) is 64.6 Å². The highest BCUT2D eigenvalue weighted by atomic mass is 16.5. The van der Waals surface area contributed by atoms with Crippen LogP contribution in [0.2, 0.25) is 0 Å². The van der Waals surface area contributed by atoms with Crippen LogP contribution in [0.3, 0.4) is 0 Å². The first-order valence-electron chi connectivity index (χ1n) is 9.82. The van der Waals surface area contributed by atoms with Crippen LogP contribution in [0.25, 0.3) is 10.8 Å². The van der Waals surface area contributed by atoms with Crippen molar-refractivity contribution >= 4 is 22.6 Å². The van der Waals surface area contributed by atoms with E-state index < -0.39 is 12.1 Å². The molecule has 148 valence electrons. The molecule has 1 aliphatic carbocycles. The van der Waals surface area contributed by atoms with Gasteiger partial charge in [0.2, 0.25) is 0 Å². The highest BCUT2D eigenvalue weighted by Gasteiger charge is 2.21. The van der Waals surface area contributed by atoms with Gasteiger partial charge in [0.15, 0.2) is 6.10 Å². The molecule has 0 fully saturated rings. The Labute approximate surface area is 165 Å². The minimum Gasteiger partial charge on any atom is -0.496 e. The second-order valence-corrected chi connectivity index (χ2v) is 7.10. The number of rotatable bonds is 7. The maximum Gasteiger partial charge on any atom is 0.342 e. The van der Waals surface area contributed by atoms with Crippen molar-refractivity contribution in [1.82, 2.24) is 5.32 Å². The van der Waals surface area contributed by atoms with Crippen molar-refractivity contribution in [2.75, 3.05) is 13.7 Å². The van der Waals surface area contributed by atoms with E-state index >= 15 is 0 Å². The largest absolute Gasteiger partial charge is 0.496 e. The summed E-state index contributed by atoms with van der Waals surface area (Å²) in [5, 5.41) is 4.74. The maximum atomic E-state index is 12.6. The minimum atomic E-state index is -0.871. The lowest BCUT2D eigenvalue weighted by Gasteiger charge is -2.16. The molecule has 0 spiro atoms. The molecule has 0 heterocycles. The summed E-state index contributed by atoms with van der Waals surface area (Å²) >= 11 is 0. The second kappa shape index (κ2) is 9.40. The van der Waals surface area contributed by atoms with Gasteiger partial charge in [-0.15, -0.1) is 0 Å². The average Bonchev–Trinajstić information content (AvgIpc) is 2.73. The van der Waals surface area contributed by atoms with Crippen LogP contribution in [0.15, 0.2) is 48.0 Å². The zero-order valence-electron chi connectivity index (χ0n) is 16.5. The van der Waals surface area contributed by atoms with Crippen molar-refractivity contribution in [2.24, 2.45) is 0 Å². The molecular weight excluding hydrogens is 354 g/mol. The maximum absolute atomic E-state index is 12.6. The van der Waals surface area contributed by atoms with Crippen molar-refractivity contribution in [3.63, 3.8) is 0 Å². The molecule has 5 heteroatoms. The predicted octanol–water partition coefficient (Wildman–Crippen LogP) is 4.40. The molecule has 1 aliphatic rings. The van der Waals surface area contributed by atoms with Gasteiger partial charge in [0, 0.05) is 6.54 Å². The van der Waals surface area contributed by atoms with Crippen LogP contribution in [0.5, 0.6) is 5.75 Å². The van der Waals surface area contributed by atoms with Gasteiger partial charge in [-0.1, -0.05) is 35.9 Å². The van der Waals surface area contributed by atoms with E-state index in [1.807, 2.05) is 24.3 Å². The van der Waals surface area contributed by atoms with Gasteiger partial charge >= 0.3 is 5.97 Å². The Morgan fingerprint density at radius 1 is 1.14 bits per heavy atom. The molecule has 0 bridgehead atoms. The highest BCUT2D eigenvalue weighted by Crippen LogP contribution is 2.27. The van der Waals surface area contributed by atoms with Crippen LogP contribution in [-0.4, -0.2) is 31.6 Å². The van der Waals surface area contributed by atoms with Crippen LogP contribution in [0.4, 0.5) is 0 Å². The monoisotopic (exact) mass is 381 g/mol. The third-order valence-corrected chi connectivity index (χ3v) is 5.07. The van der Waals surface area contributed by atoms with Crippen molar-refractivity contribution in [3.8, 4) is 5.75 Å². The first-order valence-corrected chi connectivity index (χ1v) is 9.82. The Balaban J connectivity index is 1.59. The summed E-state index contributed by atoms with van der Waals surface area (Å²) in [6.45, 7) is 2.15. The zero-order chi connectivity index (χ0) is 19.9. The Hall–Kier alpha value is -2.82. The molecule has 0 saturated heterocycles. The summed E-state index contributed by atoms with van der Waals surface area (Å²) in [6.07, 6.45) is 6.97. The molecule has 28 heavy (non-hydrogen) atoms. The first-order chi connectivity index (χ1) is 13.6. The first kappa shape index (κ1) is 19.9. The van der Waals surface area contributed by atoms with Gasteiger partial charge in [0.25, 0.3) is 5.91 Å². The number of benzene rings is 2. The molecule has 0 radical (unpaired) electrons. The van der Waals surface area contributed by atoms with E-state index in [1.54, 1.807) is 19.1 Å². The fraction of sp³-hybridized carbons (Fsp3) is 0.391. The Bertz CT molecular complexity index is 887. The van der Waals surface area contributed by atoms with Crippen LogP contribution in [0.1, 0.15) is 49.4 Å². The normalized spacial score (nSPS) is 14.9. The fourth-order valence-corrected chi connectivity index (χ4v) is 3.45. The van der Waals surface area contributed by atoms with E-state index in [0.717, 1.165) is 30.0 Å². The molecular formula is C23H27NO4. The van der Waals surface area contributed by atoms with Crippen molar-refractivity contribution in [3.05, 3.63) is 53.6 Å². The van der Waals surface area contributed by atoms with E-state index in [-0.39, 0.29) is 5.91 Å². The quantitative estimate of drug-likeness (QED) is 0.570. The summed E-state index contributed by atoms with van der Waals surface area (Å²) in [6, 6.07) is 11.2. The van der Waals surface area contributed by atoms with Crippen molar-refractivity contribution in [2.45, 2.75) is 45.1 Å². The van der Waals surface area contributed by atoms with Gasteiger partial charge < -0.3 is 14.8 Å². The number of esters is 1. The lowest BCUT2D eigenvalue weighted by atomic mass is 9.97. The number of ether oxygens (including phenoxy) is 2. The highest BCUT2D eigenvalue weighted by molar-refractivity contribution is 5.99. The molecule has 1 atom stereocenters. The summed E-state index contributed by atoms with van der Waals surface area (Å²) in [4.78, 5) is 24.9. The van der Waals surface area contributed by atoms with E-state index in [2.05, 4.69) is 11.4 Å². The lowest BCUT2D eigenvalue weighted by molar-refractivity contribution is -0.129. The average molecular weight is 381 g/mol. The minimum absolute atomic E-state index is 0.287. The molecule has 2 aromatic rings. The number of amides is 1. The molecule has 1 amide bonds. The van der Waals surface area contributed by atoms with Crippen LogP contribution < -0.4 is 10.1 Å². The number of hydrogen-bond donors (Lipinski definition) is 1. The van der Waals surface area contributed by atoms with Crippen molar-refractivity contribution < 1.29 is 19.1 Å². The number of fused-ring (bicyclic) bond motifs is 1. The van der Waals surface area contributed by atoms with Gasteiger partial charge in [0.1, 0.15) is 11.3 Å². The number of hydrogen-bond acceptors (Lipinski definition) is 4. The van der Waals surface area contributed by atoms with E-state index in [4.69, 9.17) is 9.47 Å². The Kier molecular flexibility index (Phi) is 6.69. The lowest BCUT2D eigenvalue weighted by Crippen LogP contribution is -2.36. The molecule has 0 aromatic heterocycles. The van der Waals surface area contributed by atoms with Gasteiger partial charge in [-0.2, -0.15) is 0 Å².